The van der Waals surface area contributed by atoms with Crippen LogP contribution in [0.5, 0.6) is 0 Å². The van der Waals surface area contributed by atoms with Gasteiger partial charge in [0.15, 0.2) is 5.82 Å². The minimum absolute atomic E-state index is 0.0348. The summed E-state index contributed by atoms with van der Waals surface area (Å²) in [4.78, 5) is 17.9. The summed E-state index contributed by atoms with van der Waals surface area (Å²) in [5.41, 5.74) is -0.131. The standard InChI is InChI=1S/C15H15F2N3O2/c1-8(2)13-18-14(22-19-13)9-6-20(7-9)15(21)11-4-3-10(16)5-12(11)17/h3-5,8-9H,6-7H2,1-2H3. The van der Waals surface area contributed by atoms with Crippen LogP contribution in [0.3, 0.4) is 0 Å². The van der Waals surface area contributed by atoms with Crippen molar-refractivity contribution in [2.24, 2.45) is 0 Å². The van der Waals surface area contributed by atoms with Crippen molar-refractivity contribution in [3.8, 4) is 0 Å². The predicted molar refractivity (Wildman–Crippen MR) is 73.4 cm³/mol. The number of hydrogen-bond acceptors (Lipinski definition) is 4. The van der Waals surface area contributed by atoms with Gasteiger partial charge in [0.2, 0.25) is 5.89 Å². The Morgan fingerprint density at radius 3 is 2.68 bits per heavy atom. The van der Waals surface area contributed by atoms with Crippen LogP contribution in [0.2, 0.25) is 0 Å². The van der Waals surface area contributed by atoms with Crippen LogP contribution in [0.4, 0.5) is 8.78 Å². The van der Waals surface area contributed by atoms with Gasteiger partial charge >= 0.3 is 0 Å². The molecule has 0 radical (unpaired) electrons. The van der Waals surface area contributed by atoms with Gasteiger partial charge < -0.3 is 9.42 Å². The Kier molecular flexibility index (Phi) is 3.64. The van der Waals surface area contributed by atoms with Gasteiger partial charge in [-0.25, -0.2) is 8.78 Å². The molecule has 0 unspecified atom stereocenters. The number of aromatic nitrogens is 2. The third-order valence-electron chi connectivity index (χ3n) is 3.65. The molecular weight excluding hydrogens is 292 g/mol. The Hall–Kier alpha value is -2.31. The molecule has 0 N–H and O–H groups in total. The van der Waals surface area contributed by atoms with E-state index in [1.165, 1.54) is 4.90 Å². The molecule has 22 heavy (non-hydrogen) atoms. The lowest BCUT2D eigenvalue weighted by molar-refractivity contribution is 0.0564. The molecule has 1 aliphatic rings. The Balaban J connectivity index is 1.66. The Morgan fingerprint density at radius 1 is 1.36 bits per heavy atom. The predicted octanol–water partition coefficient (Wildman–Crippen LogP) is 2.71. The van der Waals surface area contributed by atoms with E-state index in [-0.39, 0.29) is 17.4 Å². The third-order valence-corrected chi connectivity index (χ3v) is 3.65. The highest BCUT2D eigenvalue weighted by Gasteiger charge is 2.36. The number of nitrogens with zero attached hydrogens (tertiary/aromatic N) is 3. The van der Waals surface area contributed by atoms with Crippen LogP contribution >= 0.6 is 0 Å². The normalized spacial score (nSPS) is 15.2. The molecule has 1 fully saturated rings. The van der Waals surface area contributed by atoms with Crippen molar-refractivity contribution >= 4 is 5.91 Å². The lowest BCUT2D eigenvalue weighted by Crippen LogP contribution is -2.48. The molecule has 0 saturated carbocycles. The zero-order valence-electron chi connectivity index (χ0n) is 12.2. The smallest absolute Gasteiger partial charge is 0.256 e. The fraction of sp³-hybridized carbons (Fsp3) is 0.400. The summed E-state index contributed by atoms with van der Waals surface area (Å²) >= 11 is 0. The van der Waals surface area contributed by atoms with Crippen LogP contribution < -0.4 is 0 Å². The monoisotopic (exact) mass is 307 g/mol. The summed E-state index contributed by atoms with van der Waals surface area (Å²) in [6.45, 7) is 4.69. The first-order valence-corrected chi connectivity index (χ1v) is 7.03. The maximum atomic E-state index is 13.6. The van der Waals surface area contributed by atoms with E-state index < -0.39 is 17.5 Å². The highest BCUT2D eigenvalue weighted by Crippen LogP contribution is 2.28. The van der Waals surface area contributed by atoms with Gasteiger partial charge in [0.1, 0.15) is 11.6 Å². The van der Waals surface area contributed by atoms with Crippen molar-refractivity contribution in [2.45, 2.75) is 25.7 Å². The first kappa shape index (κ1) is 14.6. The van der Waals surface area contributed by atoms with E-state index >= 15 is 0 Å². The van der Waals surface area contributed by atoms with E-state index in [1.807, 2.05) is 13.8 Å². The van der Waals surface area contributed by atoms with Crippen molar-refractivity contribution in [2.75, 3.05) is 13.1 Å². The third kappa shape index (κ3) is 2.58. The second kappa shape index (κ2) is 5.47. The number of benzene rings is 1. The van der Waals surface area contributed by atoms with Crippen molar-refractivity contribution in [1.29, 1.82) is 0 Å². The summed E-state index contributed by atoms with van der Waals surface area (Å²) < 4.78 is 31.7. The second-order valence-corrected chi connectivity index (χ2v) is 5.68. The van der Waals surface area contributed by atoms with E-state index in [2.05, 4.69) is 10.1 Å². The molecule has 116 valence electrons. The van der Waals surface area contributed by atoms with Crippen LogP contribution in [0.25, 0.3) is 0 Å². The largest absolute Gasteiger partial charge is 0.339 e. The molecule has 3 rings (SSSR count). The first-order valence-electron chi connectivity index (χ1n) is 7.03. The van der Waals surface area contributed by atoms with Crippen LogP contribution in [0.1, 0.15) is 47.8 Å². The molecule has 1 saturated heterocycles. The molecule has 2 aromatic rings. The van der Waals surface area contributed by atoms with E-state index in [4.69, 9.17) is 4.52 Å². The fourth-order valence-corrected chi connectivity index (χ4v) is 2.28. The van der Waals surface area contributed by atoms with Gasteiger partial charge in [-0.1, -0.05) is 19.0 Å². The number of rotatable bonds is 3. The van der Waals surface area contributed by atoms with Crippen LogP contribution in [0.15, 0.2) is 22.7 Å². The highest BCUT2D eigenvalue weighted by molar-refractivity contribution is 5.95. The van der Waals surface area contributed by atoms with E-state index in [0.717, 1.165) is 12.1 Å². The molecule has 0 aliphatic carbocycles. The average Bonchev–Trinajstić information content (AvgIpc) is 2.86. The molecule has 0 bridgehead atoms. The zero-order valence-corrected chi connectivity index (χ0v) is 12.2. The van der Waals surface area contributed by atoms with Crippen LogP contribution in [-0.4, -0.2) is 34.0 Å². The summed E-state index contributed by atoms with van der Waals surface area (Å²) in [5, 5.41) is 3.88. The number of amides is 1. The van der Waals surface area contributed by atoms with Crippen LogP contribution in [-0.2, 0) is 0 Å². The Labute approximate surface area is 125 Å². The lowest BCUT2D eigenvalue weighted by Gasteiger charge is -2.37. The molecule has 1 amide bonds. The summed E-state index contributed by atoms with van der Waals surface area (Å²) in [7, 11) is 0. The summed E-state index contributed by atoms with van der Waals surface area (Å²) in [6, 6.07) is 2.93. The average molecular weight is 307 g/mol. The first-order chi connectivity index (χ1) is 10.5. The van der Waals surface area contributed by atoms with Gasteiger partial charge in [-0.3, -0.25) is 4.79 Å². The van der Waals surface area contributed by atoms with E-state index in [9.17, 15) is 13.6 Å². The molecular formula is C15H15F2N3O2. The van der Waals surface area contributed by atoms with Crippen molar-refractivity contribution in [1.82, 2.24) is 15.0 Å². The van der Waals surface area contributed by atoms with Crippen LogP contribution in [0, 0.1) is 11.6 Å². The quantitative estimate of drug-likeness (QED) is 0.875. The lowest BCUT2D eigenvalue weighted by atomic mass is 9.98. The zero-order chi connectivity index (χ0) is 15.9. The molecule has 0 atom stereocenters. The molecule has 2 heterocycles. The van der Waals surface area contributed by atoms with Crippen molar-refractivity contribution in [3.05, 3.63) is 47.1 Å². The second-order valence-electron chi connectivity index (χ2n) is 5.68. The van der Waals surface area contributed by atoms with Gasteiger partial charge in [0, 0.05) is 25.1 Å². The van der Waals surface area contributed by atoms with Gasteiger partial charge in [0.05, 0.1) is 11.5 Å². The topological polar surface area (TPSA) is 59.2 Å². The summed E-state index contributed by atoms with van der Waals surface area (Å²) in [5.74, 6) is -0.763. The molecule has 0 spiro atoms. The SMILES string of the molecule is CC(C)c1noc(C2CN(C(=O)c3ccc(F)cc3F)C2)n1. The van der Waals surface area contributed by atoms with Gasteiger partial charge in [0.25, 0.3) is 5.91 Å². The molecule has 5 nitrogen and oxygen atoms in total. The van der Waals surface area contributed by atoms with Gasteiger partial charge in [-0.2, -0.15) is 4.98 Å². The number of carbonyl (C=O) groups is 1. The number of hydrogen-bond donors (Lipinski definition) is 0. The van der Waals surface area contributed by atoms with Gasteiger partial charge in [-0.05, 0) is 12.1 Å². The molecule has 1 aliphatic heterocycles. The molecule has 7 heteroatoms. The van der Waals surface area contributed by atoms with E-state index in [1.54, 1.807) is 0 Å². The molecule has 1 aromatic heterocycles. The highest BCUT2D eigenvalue weighted by atomic mass is 19.1. The van der Waals surface area contributed by atoms with Crippen molar-refractivity contribution < 1.29 is 18.1 Å². The number of likely N-dealkylation sites (tertiary alicyclic amines) is 1. The number of halogens is 2. The number of carbonyl (C=O) groups excluding carboxylic acids is 1. The minimum atomic E-state index is -0.853. The maximum Gasteiger partial charge on any atom is 0.256 e. The minimum Gasteiger partial charge on any atom is -0.339 e. The van der Waals surface area contributed by atoms with E-state index in [0.29, 0.717) is 30.9 Å². The maximum absolute atomic E-state index is 13.6. The Morgan fingerprint density at radius 2 is 2.09 bits per heavy atom. The summed E-state index contributed by atoms with van der Waals surface area (Å²) in [6.07, 6.45) is 0. The molecule has 1 aromatic carbocycles. The fourth-order valence-electron chi connectivity index (χ4n) is 2.28. The van der Waals surface area contributed by atoms with Gasteiger partial charge in [-0.15, -0.1) is 0 Å². The Bertz CT molecular complexity index is 709. The van der Waals surface area contributed by atoms with Crippen molar-refractivity contribution in [3.63, 3.8) is 0 Å².